The largest absolute Gasteiger partial charge is 0.477 e. The van der Waals surface area contributed by atoms with E-state index in [2.05, 4.69) is 111 Å². The van der Waals surface area contributed by atoms with Crippen molar-refractivity contribution in [2.75, 3.05) is 47.5 Å². The van der Waals surface area contributed by atoms with E-state index >= 15 is 0 Å². The number of allylic oxidation sites excluding steroid dienone is 16. The van der Waals surface area contributed by atoms with Crippen LogP contribution in [0.15, 0.2) is 97.2 Å². The van der Waals surface area contributed by atoms with E-state index in [1.54, 1.807) is 0 Å². The number of esters is 2. The molecule has 1 N–H and O–H groups in total. The summed E-state index contributed by atoms with van der Waals surface area (Å²) in [6, 6.07) is 0. The van der Waals surface area contributed by atoms with Crippen LogP contribution in [0.5, 0.6) is 0 Å². The Labute approximate surface area is 372 Å². The van der Waals surface area contributed by atoms with Crippen LogP contribution in [-0.4, -0.2) is 87.4 Å². The molecule has 0 aromatic heterocycles. The van der Waals surface area contributed by atoms with Crippen molar-refractivity contribution in [3.05, 3.63) is 97.2 Å². The van der Waals surface area contributed by atoms with Crippen molar-refractivity contribution in [2.45, 2.75) is 167 Å². The van der Waals surface area contributed by atoms with Crippen LogP contribution >= 0.6 is 0 Å². The van der Waals surface area contributed by atoms with Crippen molar-refractivity contribution in [3.8, 4) is 0 Å². The average Bonchev–Trinajstić information content (AvgIpc) is 3.22. The summed E-state index contributed by atoms with van der Waals surface area (Å²) < 4.78 is 22.7. The molecule has 0 bridgehead atoms. The summed E-state index contributed by atoms with van der Waals surface area (Å²) in [6.45, 7) is 4.57. The van der Waals surface area contributed by atoms with Gasteiger partial charge in [-0.25, -0.2) is 4.79 Å². The minimum atomic E-state index is -1.53. The molecule has 0 saturated carbocycles. The summed E-state index contributed by atoms with van der Waals surface area (Å²) in [6.07, 6.45) is 53.2. The Morgan fingerprint density at radius 1 is 0.492 bits per heavy atom. The van der Waals surface area contributed by atoms with Gasteiger partial charge in [-0.3, -0.25) is 9.59 Å². The Hall–Kier alpha value is -3.79. The lowest BCUT2D eigenvalue weighted by Crippen LogP contribution is -2.40. The van der Waals surface area contributed by atoms with Crippen molar-refractivity contribution in [1.82, 2.24) is 0 Å². The quantitative estimate of drug-likeness (QED) is 0.0213. The molecule has 61 heavy (non-hydrogen) atoms. The standard InChI is InChI=1S/C52H85NO8/c1-6-8-10-12-14-16-18-20-22-24-25-27-29-31-33-35-37-39-41-43-50(55)61-48(47-60-52(51(56)57)58-45-44-53(3,4)5)46-59-49(54)42-40-38-36-34-32-30-28-26-23-21-19-17-15-13-11-9-7-2/h8-11,14-17,20-23,25,27,31,33,48,52H,6-7,12-13,18-19,24,26,28-30,32,34-47H2,1-5H3/p+1/b10-8-,11-9-,16-14-,17-15-,22-20-,23-21-,27-25-,33-31-. The van der Waals surface area contributed by atoms with E-state index in [9.17, 15) is 19.5 Å². The molecule has 0 rings (SSSR count). The maximum absolute atomic E-state index is 12.8. The van der Waals surface area contributed by atoms with Crippen LogP contribution in [0, 0.1) is 0 Å². The molecule has 0 aromatic carbocycles. The molecule has 0 aliphatic heterocycles. The summed E-state index contributed by atoms with van der Waals surface area (Å²) in [5.41, 5.74) is 0. The van der Waals surface area contributed by atoms with Gasteiger partial charge in [0.25, 0.3) is 6.29 Å². The topological polar surface area (TPSA) is 108 Å². The molecule has 0 spiro atoms. The molecule has 0 aliphatic carbocycles. The first-order chi connectivity index (χ1) is 29.6. The third kappa shape index (κ3) is 44.1. The van der Waals surface area contributed by atoms with E-state index in [-0.39, 0.29) is 38.6 Å². The Morgan fingerprint density at radius 2 is 0.885 bits per heavy atom. The molecule has 2 unspecified atom stereocenters. The van der Waals surface area contributed by atoms with Crippen LogP contribution in [0.4, 0.5) is 0 Å². The molecule has 0 heterocycles. The van der Waals surface area contributed by atoms with E-state index in [1.807, 2.05) is 21.1 Å². The third-order valence-electron chi connectivity index (χ3n) is 9.34. The second kappa shape index (κ2) is 42.9. The number of quaternary nitrogens is 1. The predicted octanol–water partition coefficient (Wildman–Crippen LogP) is 12.7. The van der Waals surface area contributed by atoms with Crippen molar-refractivity contribution in [3.63, 3.8) is 0 Å². The van der Waals surface area contributed by atoms with Gasteiger partial charge in [0.2, 0.25) is 0 Å². The molecule has 0 radical (unpaired) electrons. The van der Waals surface area contributed by atoms with Gasteiger partial charge < -0.3 is 28.5 Å². The lowest BCUT2D eigenvalue weighted by molar-refractivity contribution is -0.870. The number of carboxylic acids is 1. The highest BCUT2D eigenvalue weighted by molar-refractivity contribution is 5.71. The fourth-order valence-corrected chi connectivity index (χ4v) is 5.76. The molecule has 0 saturated heterocycles. The van der Waals surface area contributed by atoms with Crippen LogP contribution in [0.1, 0.15) is 155 Å². The smallest absolute Gasteiger partial charge is 0.361 e. The lowest BCUT2D eigenvalue weighted by atomic mass is 10.1. The number of carboxylic acid groups (broad SMARTS) is 1. The van der Waals surface area contributed by atoms with Crippen molar-refractivity contribution in [1.29, 1.82) is 0 Å². The highest BCUT2D eigenvalue weighted by atomic mass is 16.7. The number of hydrogen-bond acceptors (Lipinski definition) is 7. The summed E-state index contributed by atoms with van der Waals surface area (Å²) in [5, 5.41) is 9.65. The molecule has 9 heteroatoms. The Balaban J connectivity index is 4.51. The van der Waals surface area contributed by atoms with Gasteiger partial charge in [0.05, 0.1) is 34.4 Å². The van der Waals surface area contributed by atoms with E-state index in [0.29, 0.717) is 17.4 Å². The van der Waals surface area contributed by atoms with Crippen molar-refractivity contribution in [2.24, 2.45) is 0 Å². The number of carbonyl (C=O) groups is 3. The predicted molar refractivity (Wildman–Crippen MR) is 253 cm³/mol. The second-order valence-electron chi connectivity index (χ2n) is 16.3. The van der Waals surface area contributed by atoms with Gasteiger partial charge in [-0.1, -0.05) is 150 Å². The fraction of sp³-hybridized carbons (Fsp3) is 0.635. The van der Waals surface area contributed by atoms with E-state index in [0.717, 1.165) is 103 Å². The van der Waals surface area contributed by atoms with E-state index in [4.69, 9.17) is 18.9 Å². The average molecular weight is 853 g/mol. The highest BCUT2D eigenvalue weighted by Gasteiger charge is 2.25. The van der Waals surface area contributed by atoms with E-state index < -0.39 is 24.3 Å². The SMILES string of the molecule is CC/C=C\C/C=C\C/C=C\C/C=C\C/C=C\CCCCCC(=O)OC(COC(=O)CCCCCCCCC/C=C\C/C=C\C/C=C\CC)COC(OCC[N+](C)(C)C)C(=O)O. The van der Waals surface area contributed by atoms with Gasteiger partial charge in [0.1, 0.15) is 13.2 Å². The maximum Gasteiger partial charge on any atom is 0.361 e. The molecular weight excluding hydrogens is 767 g/mol. The van der Waals surface area contributed by atoms with Gasteiger partial charge in [-0.05, 0) is 89.9 Å². The number of hydrogen-bond donors (Lipinski definition) is 1. The van der Waals surface area contributed by atoms with Crippen LogP contribution in [-0.2, 0) is 33.3 Å². The summed E-state index contributed by atoms with van der Waals surface area (Å²) in [5.74, 6) is -2.08. The first-order valence-corrected chi connectivity index (χ1v) is 23.4. The molecule has 0 fully saturated rings. The zero-order valence-corrected chi connectivity index (χ0v) is 39.0. The highest BCUT2D eigenvalue weighted by Crippen LogP contribution is 2.12. The summed E-state index contributed by atoms with van der Waals surface area (Å²) in [4.78, 5) is 37.2. The van der Waals surface area contributed by atoms with Crippen LogP contribution < -0.4 is 0 Å². The first kappa shape index (κ1) is 57.2. The molecule has 9 nitrogen and oxygen atoms in total. The third-order valence-corrected chi connectivity index (χ3v) is 9.34. The molecular formula is C52H86NO8+. The van der Waals surface area contributed by atoms with Gasteiger partial charge >= 0.3 is 17.9 Å². The van der Waals surface area contributed by atoms with Crippen molar-refractivity contribution < 1.29 is 42.9 Å². The second-order valence-corrected chi connectivity index (χ2v) is 16.3. The first-order valence-electron chi connectivity index (χ1n) is 23.4. The minimum absolute atomic E-state index is 0.173. The Bertz CT molecular complexity index is 1320. The van der Waals surface area contributed by atoms with Crippen LogP contribution in [0.3, 0.4) is 0 Å². The molecule has 2 atom stereocenters. The monoisotopic (exact) mass is 853 g/mol. The van der Waals surface area contributed by atoms with Crippen LogP contribution in [0.2, 0.25) is 0 Å². The molecule has 346 valence electrons. The fourth-order valence-electron chi connectivity index (χ4n) is 5.76. The normalized spacial score (nSPS) is 13.8. The Kier molecular flexibility index (Phi) is 40.2. The molecule has 0 aromatic rings. The van der Waals surface area contributed by atoms with E-state index in [1.165, 1.54) is 19.3 Å². The van der Waals surface area contributed by atoms with Gasteiger partial charge in [-0.15, -0.1) is 0 Å². The molecule has 0 aliphatic rings. The number of ether oxygens (including phenoxy) is 4. The summed E-state index contributed by atoms with van der Waals surface area (Å²) >= 11 is 0. The summed E-state index contributed by atoms with van der Waals surface area (Å²) in [7, 11) is 5.93. The number of rotatable bonds is 41. The van der Waals surface area contributed by atoms with Gasteiger partial charge in [-0.2, -0.15) is 0 Å². The number of nitrogens with zero attached hydrogens (tertiary/aromatic N) is 1. The molecule has 0 amide bonds. The number of carbonyl (C=O) groups excluding carboxylic acids is 2. The number of likely N-dealkylation sites (N-methyl/N-ethyl adjacent to an activating group) is 1. The maximum atomic E-state index is 12.8. The van der Waals surface area contributed by atoms with Crippen molar-refractivity contribution >= 4 is 17.9 Å². The lowest BCUT2D eigenvalue weighted by Gasteiger charge is -2.25. The number of aliphatic carboxylic acids is 1. The van der Waals surface area contributed by atoms with Gasteiger partial charge in [0, 0.05) is 12.8 Å². The van der Waals surface area contributed by atoms with Crippen LogP contribution in [0.25, 0.3) is 0 Å². The van der Waals surface area contributed by atoms with Gasteiger partial charge in [0.15, 0.2) is 6.10 Å². The zero-order chi connectivity index (χ0) is 44.9. The zero-order valence-electron chi connectivity index (χ0n) is 39.0. The minimum Gasteiger partial charge on any atom is -0.477 e. The number of unbranched alkanes of at least 4 members (excludes halogenated alkanes) is 10. The Morgan fingerprint density at radius 3 is 1.33 bits per heavy atom.